The van der Waals surface area contributed by atoms with Crippen LogP contribution in [0.4, 0.5) is 4.79 Å². The van der Waals surface area contributed by atoms with E-state index in [2.05, 4.69) is 26.9 Å². The molecule has 3 aromatic rings. The minimum absolute atomic E-state index is 0.0311. The van der Waals surface area contributed by atoms with Crippen molar-refractivity contribution in [3.05, 3.63) is 23.0 Å². The van der Waals surface area contributed by atoms with Gasteiger partial charge in [0.1, 0.15) is 11.0 Å². The number of carbonyl (C=O) groups excluding carboxylic acids is 1. The average Bonchev–Trinajstić information content (AvgIpc) is 3.17. The normalized spacial score (nSPS) is 21.2. The number of pyridine rings is 1. The van der Waals surface area contributed by atoms with Gasteiger partial charge in [0.25, 0.3) is 0 Å². The van der Waals surface area contributed by atoms with Crippen molar-refractivity contribution >= 4 is 28.2 Å². The number of carbonyl (C=O) groups is 1. The van der Waals surface area contributed by atoms with Gasteiger partial charge in [0.05, 0.1) is 24.1 Å². The number of likely N-dealkylation sites (tertiary alicyclic amines) is 1. The van der Waals surface area contributed by atoms with Crippen molar-refractivity contribution in [1.29, 1.82) is 0 Å². The molecule has 0 spiro atoms. The van der Waals surface area contributed by atoms with Gasteiger partial charge in [-0.1, -0.05) is 6.92 Å². The number of fused-ring (bicyclic) bond motifs is 3. The minimum Gasteiger partial charge on any atom is -0.331 e. The first-order valence-corrected chi connectivity index (χ1v) is 8.36. The fraction of sp³-hybridized carbons (Fsp3) is 0.500. The summed E-state index contributed by atoms with van der Waals surface area (Å²) in [5.74, 6) is 0.269. The molecule has 25 heavy (non-hydrogen) atoms. The molecule has 3 aromatic heterocycles. The Balaban J connectivity index is 1.85. The molecule has 0 radical (unpaired) electrons. The van der Waals surface area contributed by atoms with Gasteiger partial charge < -0.3 is 19.8 Å². The molecule has 132 valence electrons. The highest BCUT2D eigenvalue weighted by molar-refractivity contribution is 5.98. The standard InChI is InChI=1S/C16H21N7O2/c1-9-4-5-22(16(25)21(2)3)7-11(9)23-13-10(20-15(23)24)6-17-14-12(13)18-8-19-14/h6,8-9,11H,4-5,7H2,1-3H3,(H,20,24)(H,17,18,19)/t9-,11+/m1/s1. The number of rotatable bonds is 1. The smallest absolute Gasteiger partial charge is 0.326 e. The van der Waals surface area contributed by atoms with Gasteiger partial charge in [-0.15, -0.1) is 0 Å². The lowest BCUT2D eigenvalue weighted by Crippen LogP contribution is -2.48. The Morgan fingerprint density at radius 2 is 2.16 bits per heavy atom. The summed E-state index contributed by atoms with van der Waals surface area (Å²) in [6, 6.07) is -0.141. The molecule has 0 aliphatic carbocycles. The Hall–Kier alpha value is -2.84. The number of imidazole rings is 2. The van der Waals surface area contributed by atoms with Crippen LogP contribution in [0.5, 0.6) is 0 Å². The molecule has 1 saturated heterocycles. The molecule has 9 heteroatoms. The van der Waals surface area contributed by atoms with Gasteiger partial charge in [0.15, 0.2) is 5.65 Å². The lowest BCUT2D eigenvalue weighted by atomic mass is 9.93. The molecule has 4 rings (SSSR count). The molecule has 4 heterocycles. The number of urea groups is 1. The summed E-state index contributed by atoms with van der Waals surface area (Å²) in [6.07, 6.45) is 4.06. The quantitative estimate of drug-likeness (QED) is 0.692. The summed E-state index contributed by atoms with van der Waals surface area (Å²) >= 11 is 0. The maximum Gasteiger partial charge on any atom is 0.326 e. The van der Waals surface area contributed by atoms with Crippen LogP contribution in [0.3, 0.4) is 0 Å². The van der Waals surface area contributed by atoms with Gasteiger partial charge in [0, 0.05) is 27.2 Å². The Morgan fingerprint density at radius 1 is 1.36 bits per heavy atom. The van der Waals surface area contributed by atoms with E-state index in [-0.39, 0.29) is 23.7 Å². The number of nitrogens with zero attached hydrogens (tertiary/aromatic N) is 5. The minimum atomic E-state index is -0.191. The van der Waals surface area contributed by atoms with Crippen LogP contribution >= 0.6 is 0 Å². The summed E-state index contributed by atoms with van der Waals surface area (Å²) < 4.78 is 1.75. The van der Waals surface area contributed by atoms with Gasteiger partial charge in [-0.25, -0.2) is 19.6 Å². The van der Waals surface area contributed by atoms with Crippen LogP contribution in [0.2, 0.25) is 0 Å². The summed E-state index contributed by atoms with van der Waals surface area (Å²) in [5.41, 5.74) is 2.52. The molecule has 0 aromatic carbocycles. The van der Waals surface area contributed by atoms with Gasteiger partial charge >= 0.3 is 11.7 Å². The molecule has 9 nitrogen and oxygen atoms in total. The molecule has 2 amide bonds. The first-order valence-electron chi connectivity index (χ1n) is 8.36. The number of nitrogens with one attached hydrogen (secondary N) is 2. The van der Waals surface area contributed by atoms with E-state index in [1.165, 1.54) is 0 Å². The lowest BCUT2D eigenvalue weighted by molar-refractivity contribution is 0.123. The van der Waals surface area contributed by atoms with Crippen LogP contribution in [-0.4, -0.2) is 67.5 Å². The zero-order valence-corrected chi connectivity index (χ0v) is 14.5. The third kappa shape index (κ3) is 2.38. The number of piperidine rings is 1. The first-order chi connectivity index (χ1) is 12.0. The van der Waals surface area contributed by atoms with Crippen molar-refractivity contribution in [3.8, 4) is 0 Å². The van der Waals surface area contributed by atoms with Gasteiger partial charge in [-0.3, -0.25) is 4.57 Å². The Labute approximate surface area is 143 Å². The molecule has 0 saturated carbocycles. The summed E-state index contributed by atoms with van der Waals surface area (Å²) in [5, 5.41) is 0. The summed E-state index contributed by atoms with van der Waals surface area (Å²) in [7, 11) is 3.48. The Morgan fingerprint density at radius 3 is 2.92 bits per heavy atom. The third-order valence-electron chi connectivity index (χ3n) is 5.03. The van der Waals surface area contributed by atoms with Crippen LogP contribution < -0.4 is 5.69 Å². The van der Waals surface area contributed by atoms with Crippen molar-refractivity contribution < 1.29 is 4.79 Å². The molecular formula is C16H21N7O2. The van der Waals surface area contributed by atoms with Crippen molar-refractivity contribution in [2.24, 2.45) is 5.92 Å². The fourth-order valence-electron chi connectivity index (χ4n) is 3.65. The average molecular weight is 343 g/mol. The van der Waals surface area contributed by atoms with E-state index >= 15 is 0 Å². The van der Waals surface area contributed by atoms with Crippen LogP contribution in [-0.2, 0) is 0 Å². The largest absolute Gasteiger partial charge is 0.331 e. The van der Waals surface area contributed by atoms with Crippen molar-refractivity contribution in [2.45, 2.75) is 19.4 Å². The molecular weight excluding hydrogens is 322 g/mol. The molecule has 2 atom stereocenters. The molecule has 0 bridgehead atoms. The van der Waals surface area contributed by atoms with Crippen LogP contribution in [0, 0.1) is 5.92 Å². The van der Waals surface area contributed by atoms with E-state index in [0.717, 1.165) is 11.9 Å². The number of aromatic amines is 2. The lowest BCUT2D eigenvalue weighted by Gasteiger charge is -2.38. The summed E-state index contributed by atoms with van der Waals surface area (Å²) in [6.45, 7) is 3.32. The number of hydrogen-bond donors (Lipinski definition) is 2. The number of H-pyrrole nitrogens is 2. The second kappa shape index (κ2) is 5.61. The molecule has 1 fully saturated rings. The second-order valence-corrected chi connectivity index (χ2v) is 6.88. The first kappa shape index (κ1) is 15.7. The van der Waals surface area contributed by atoms with Crippen molar-refractivity contribution in [3.63, 3.8) is 0 Å². The maximum atomic E-state index is 12.7. The van der Waals surface area contributed by atoms with Crippen LogP contribution in [0.25, 0.3) is 22.2 Å². The molecule has 1 aliphatic heterocycles. The Kier molecular flexibility index (Phi) is 3.52. The third-order valence-corrected chi connectivity index (χ3v) is 5.03. The molecule has 0 unspecified atom stereocenters. The van der Waals surface area contributed by atoms with Crippen LogP contribution in [0.1, 0.15) is 19.4 Å². The summed E-state index contributed by atoms with van der Waals surface area (Å²) in [4.78, 5) is 42.9. The second-order valence-electron chi connectivity index (χ2n) is 6.88. The van der Waals surface area contributed by atoms with E-state index < -0.39 is 0 Å². The molecule has 1 aliphatic rings. The van der Waals surface area contributed by atoms with Gasteiger partial charge in [-0.2, -0.15) is 0 Å². The number of amides is 2. The van der Waals surface area contributed by atoms with E-state index in [0.29, 0.717) is 29.8 Å². The topological polar surface area (TPSA) is 103 Å². The maximum absolute atomic E-state index is 12.7. The van der Waals surface area contributed by atoms with E-state index in [9.17, 15) is 9.59 Å². The van der Waals surface area contributed by atoms with Gasteiger partial charge in [0.2, 0.25) is 0 Å². The number of hydrogen-bond acceptors (Lipinski definition) is 4. The monoisotopic (exact) mass is 343 g/mol. The molecule has 2 N–H and O–H groups in total. The SMILES string of the molecule is C[C@@H]1CCN(C(=O)N(C)C)C[C@@H]1n1c(=O)[nH]c2cnc3[nH]cnc3c21. The van der Waals surface area contributed by atoms with E-state index in [1.807, 2.05) is 0 Å². The fourth-order valence-corrected chi connectivity index (χ4v) is 3.65. The Bertz CT molecular complexity index is 999. The van der Waals surface area contributed by atoms with E-state index in [1.54, 1.807) is 41.0 Å². The van der Waals surface area contributed by atoms with E-state index in [4.69, 9.17) is 0 Å². The van der Waals surface area contributed by atoms with Gasteiger partial charge in [-0.05, 0) is 12.3 Å². The highest BCUT2D eigenvalue weighted by atomic mass is 16.2. The highest BCUT2D eigenvalue weighted by Gasteiger charge is 2.33. The van der Waals surface area contributed by atoms with Crippen LogP contribution in [0.15, 0.2) is 17.3 Å². The van der Waals surface area contributed by atoms with Crippen molar-refractivity contribution in [1.82, 2.24) is 34.3 Å². The zero-order chi connectivity index (χ0) is 17.7. The zero-order valence-electron chi connectivity index (χ0n) is 14.5. The predicted molar refractivity (Wildman–Crippen MR) is 93.5 cm³/mol. The van der Waals surface area contributed by atoms with Crippen molar-refractivity contribution in [2.75, 3.05) is 27.2 Å². The number of aromatic nitrogens is 5. The highest BCUT2D eigenvalue weighted by Crippen LogP contribution is 2.31. The predicted octanol–water partition coefficient (Wildman–Crippen LogP) is 1.17.